The maximum Gasteiger partial charge on any atom is 0.408 e. The van der Waals surface area contributed by atoms with E-state index in [1.165, 1.54) is 17.6 Å². The Hall–Kier alpha value is -3.21. The number of alkyl carbamates (subject to hydrolysis) is 1. The molecule has 4 rings (SSSR count). The maximum atomic E-state index is 14.6. The summed E-state index contributed by atoms with van der Waals surface area (Å²) in [6.07, 6.45) is 4.14. The Morgan fingerprint density at radius 3 is 2.63 bits per heavy atom. The quantitative estimate of drug-likeness (QED) is 0.546. The second-order valence-corrected chi connectivity index (χ2v) is 11.3. The van der Waals surface area contributed by atoms with Crippen molar-refractivity contribution in [1.82, 2.24) is 30.3 Å². The molecule has 38 heavy (non-hydrogen) atoms. The van der Waals surface area contributed by atoms with Crippen LogP contribution in [0.1, 0.15) is 58.4 Å². The third-order valence-corrected chi connectivity index (χ3v) is 7.04. The molecule has 0 unspecified atom stereocenters. The second-order valence-electron chi connectivity index (χ2n) is 10.8. The van der Waals surface area contributed by atoms with Gasteiger partial charge in [-0.05, 0) is 63.3 Å². The molecule has 3 atom stereocenters. The van der Waals surface area contributed by atoms with E-state index in [2.05, 4.69) is 20.7 Å². The molecule has 2 aromatic rings. The smallest absolute Gasteiger partial charge is 0.408 e. The van der Waals surface area contributed by atoms with Crippen LogP contribution in [0.4, 0.5) is 9.18 Å². The van der Waals surface area contributed by atoms with Crippen molar-refractivity contribution in [3.63, 3.8) is 0 Å². The highest BCUT2D eigenvalue weighted by molar-refractivity contribution is 6.30. The molecule has 2 aliphatic rings. The number of likely N-dealkylation sites (tertiary alicyclic amines) is 1. The summed E-state index contributed by atoms with van der Waals surface area (Å²) in [5.74, 6) is -1.05. The van der Waals surface area contributed by atoms with Gasteiger partial charge in [-0.1, -0.05) is 24.4 Å². The van der Waals surface area contributed by atoms with E-state index in [1.54, 1.807) is 43.7 Å². The van der Waals surface area contributed by atoms with Crippen LogP contribution in [-0.2, 0) is 20.9 Å². The number of benzene rings is 1. The van der Waals surface area contributed by atoms with Crippen LogP contribution in [0.3, 0.4) is 0 Å². The zero-order valence-corrected chi connectivity index (χ0v) is 22.6. The number of hydrogen-bond donors (Lipinski definition) is 2. The topological polar surface area (TPSA) is 118 Å². The summed E-state index contributed by atoms with van der Waals surface area (Å²) in [6, 6.07) is 3.27. The fourth-order valence-corrected chi connectivity index (χ4v) is 5.31. The van der Waals surface area contributed by atoms with Gasteiger partial charge in [0.05, 0.1) is 12.2 Å². The molecule has 10 nitrogen and oxygen atoms in total. The number of rotatable bonds is 7. The van der Waals surface area contributed by atoms with Crippen molar-refractivity contribution in [2.24, 2.45) is 5.92 Å². The summed E-state index contributed by atoms with van der Waals surface area (Å²) >= 11 is 6.18. The minimum Gasteiger partial charge on any atom is -0.444 e. The van der Waals surface area contributed by atoms with Crippen LogP contribution in [0.15, 0.2) is 30.9 Å². The molecule has 0 bridgehead atoms. The molecule has 1 saturated heterocycles. The van der Waals surface area contributed by atoms with Crippen LogP contribution in [0.5, 0.6) is 0 Å². The largest absolute Gasteiger partial charge is 0.444 e. The molecule has 1 aliphatic heterocycles. The molecule has 1 aromatic heterocycles. The number of nitrogens with zero attached hydrogens (tertiary/aromatic N) is 4. The summed E-state index contributed by atoms with van der Waals surface area (Å²) in [5, 5.41) is 10.2. The molecule has 2 heterocycles. The van der Waals surface area contributed by atoms with Gasteiger partial charge in [0.15, 0.2) is 0 Å². The molecule has 12 heteroatoms. The highest BCUT2D eigenvalue weighted by Crippen LogP contribution is 2.31. The summed E-state index contributed by atoms with van der Waals surface area (Å²) in [7, 11) is 0. The van der Waals surface area contributed by atoms with Gasteiger partial charge in [-0.2, -0.15) is 5.10 Å². The van der Waals surface area contributed by atoms with Crippen molar-refractivity contribution in [3.05, 3.63) is 41.4 Å². The first-order valence-electron chi connectivity index (χ1n) is 12.9. The molecule has 0 radical (unpaired) electrons. The lowest BCUT2D eigenvalue weighted by atomic mass is 9.96. The zero-order valence-electron chi connectivity index (χ0n) is 21.8. The number of carbonyl (C=O) groups excluding carboxylic acids is 3. The minimum absolute atomic E-state index is 0.0896. The molecule has 1 saturated carbocycles. The van der Waals surface area contributed by atoms with E-state index in [9.17, 15) is 18.8 Å². The summed E-state index contributed by atoms with van der Waals surface area (Å²) in [6.45, 7) is 5.09. The number of alkyl halides is 1. The maximum absolute atomic E-state index is 14.6. The predicted octanol–water partition coefficient (Wildman–Crippen LogP) is 3.56. The Morgan fingerprint density at radius 2 is 1.97 bits per heavy atom. The molecule has 206 valence electrons. The average molecular weight is 549 g/mol. The lowest BCUT2D eigenvalue weighted by Crippen LogP contribution is -2.56. The van der Waals surface area contributed by atoms with Crippen LogP contribution >= 0.6 is 11.6 Å². The van der Waals surface area contributed by atoms with E-state index in [1.807, 2.05) is 0 Å². The monoisotopic (exact) mass is 548 g/mol. The minimum atomic E-state index is -1.35. The number of halogens is 2. The first-order valence-corrected chi connectivity index (χ1v) is 13.2. The lowest BCUT2D eigenvalue weighted by Gasteiger charge is -2.32. The van der Waals surface area contributed by atoms with Crippen molar-refractivity contribution in [2.75, 3.05) is 6.54 Å². The molecule has 1 aliphatic carbocycles. The summed E-state index contributed by atoms with van der Waals surface area (Å²) in [4.78, 5) is 44.7. The number of amides is 3. The summed E-state index contributed by atoms with van der Waals surface area (Å²) in [5.41, 5.74) is 0.621. The number of ether oxygens (including phenoxy) is 1. The normalized spacial score (nSPS) is 20.8. The number of carbonyl (C=O) groups is 3. The standard InChI is InChI=1S/C26H34ClFN6O4/c1-26(2,3)38-25(37)32-22(16-6-4-5-7-16)24(36)33-13-19(28)11-21(33)23(35)30-12-17-10-18(27)8-9-20(17)34-15-29-14-31-34/h8-10,14-16,19,21-22H,4-7,11-13H2,1-3H3,(H,30,35)(H,32,37)/t19-,21+,22-/m1/s1. The van der Waals surface area contributed by atoms with E-state index in [0.29, 0.717) is 16.3 Å². The van der Waals surface area contributed by atoms with Gasteiger partial charge >= 0.3 is 6.09 Å². The van der Waals surface area contributed by atoms with E-state index < -0.39 is 41.8 Å². The SMILES string of the molecule is CC(C)(C)OC(=O)N[C@@H](C(=O)N1C[C@H](F)C[C@H]1C(=O)NCc1cc(Cl)ccc1-n1cncn1)C1CCCC1. The molecule has 2 fully saturated rings. The van der Waals surface area contributed by atoms with Crippen molar-refractivity contribution < 1.29 is 23.5 Å². The molecule has 1 aromatic carbocycles. The number of aromatic nitrogens is 3. The Labute approximate surface area is 226 Å². The van der Waals surface area contributed by atoms with E-state index >= 15 is 0 Å². The predicted molar refractivity (Wildman–Crippen MR) is 138 cm³/mol. The average Bonchev–Trinajstić information content (AvgIpc) is 3.61. The molecular formula is C26H34ClFN6O4. The Balaban J connectivity index is 1.48. The van der Waals surface area contributed by atoms with E-state index in [4.69, 9.17) is 16.3 Å². The third kappa shape index (κ3) is 6.80. The van der Waals surface area contributed by atoms with Gasteiger partial charge in [0, 0.05) is 18.0 Å². The second kappa shape index (κ2) is 11.7. The highest BCUT2D eigenvalue weighted by Gasteiger charge is 2.44. The van der Waals surface area contributed by atoms with Gasteiger partial charge in [0.1, 0.15) is 36.5 Å². The lowest BCUT2D eigenvalue weighted by molar-refractivity contribution is -0.141. The van der Waals surface area contributed by atoms with Crippen LogP contribution in [-0.4, -0.2) is 68.0 Å². The van der Waals surface area contributed by atoms with Crippen LogP contribution < -0.4 is 10.6 Å². The molecule has 2 N–H and O–H groups in total. The Bertz CT molecular complexity index is 1150. The van der Waals surface area contributed by atoms with Gasteiger partial charge in [-0.25, -0.2) is 18.9 Å². The molecule has 3 amide bonds. The first-order chi connectivity index (χ1) is 18.0. The van der Waals surface area contributed by atoms with Crippen molar-refractivity contribution in [3.8, 4) is 5.69 Å². The Kier molecular flexibility index (Phi) is 8.54. The van der Waals surface area contributed by atoms with Crippen LogP contribution in [0.25, 0.3) is 5.69 Å². The van der Waals surface area contributed by atoms with Crippen LogP contribution in [0, 0.1) is 5.92 Å². The van der Waals surface area contributed by atoms with Gasteiger partial charge in [0.2, 0.25) is 11.8 Å². The fraction of sp³-hybridized carbons (Fsp3) is 0.577. The third-order valence-electron chi connectivity index (χ3n) is 6.81. The van der Waals surface area contributed by atoms with Gasteiger partial charge < -0.3 is 20.3 Å². The number of nitrogens with one attached hydrogen (secondary N) is 2. The number of hydrogen-bond acceptors (Lipinski definition) is 6. The van der Waals surface area contributed by atoms with Gasteiger partial charge in [-0.15, -0.1) is 0 Å². The fourth-order valence-electron chi connectivity index (χ4n) is 5.11. The zero-order chi connectivity index (χ0) is 27.4. The van der Waals surface area contributed by atoms with E-state index in [0.717, 1.165) is 25.7 Å². The van der Waals surface area contributed by atoms with Crippen molar-refractivity contribution >= 4 is 29.5 Å². The molecular weight excluding hydrogens is 515 g/mol. The first kappa shape index (κ1) is 27.8. The van der Waals surface area contributed by atoms with Crippen LogP contribution in [0.2, 0.25) is 5.02 Å². The van der Waals surface area contributed by atoms with Crippen molar-refractivity contribution in [1.29, 1.82) is 0 Å². The summed E-state index contributed by atoms with van der Waals surface area (Å²) < 4.78 is 21.5. The van der Waals surface area contributed by atoms with Gasteiger partial charge in [0.25, 0.3) is 0 Å². The van der Waals surface area contributed by atoms with E-state index in [-0.39, 0.29) is 25.4 Å². The highest BCUT2D eigenvalue weighted by atomic mass is 35.5. The molecule has 0 spiro atoms. The Morgan fingerprint density at radius 1 is 1.24 bits per heavy atom. The van der Waals surface area contributed by atoms with Crippen molar-refractivity contribution in [2.45, 2.75) is 83.3 Å². The van der Waals surface area contributed by atoms with Gasteiger partial charge in [-0.3, -0.25) is 9.59 Å².